The molecule has 0 unspecified atom stereocenters. The highest BCUT2D eigenvalue weighted by Crippen LogP contribution is 2.33. The number of nitrogens with one attached hydrogen (secondary N) is 1. The zero-order chi connectivity index (χ0) is 17.6. The highest BCUT2D eigenvalue weighted by molar-refractivity contribution is 14.1. The second-order valence-corrected chi connectivity index (χ2v) is 7.81. The molecule has 1 aromatic carbocycles. The summed E-state index contributed by atoms with van der Waals surface area (Å²) in [6.07, 6.45) is 8.32. The summed E-state index contributed by atoms with van der Waals surface area (Å²) in [5, 5.41) is 2.79. The average molecular weight is 450 g/mol. The minimum absolute atomic E-state index is 0.0180. The number of pyridine rings is 1. The van der Waals surface area contributed by atoms with Gasteiger partial charge in [-0.15, -0.1) is 0 Å². The maximum atomic E-state index is 12.1. The summed E-state index contributed by atoms with van der Waals surface area (Å²) in [5.74, 6) is 1.79. The molecule has 132 valence electrons. The number of aromatic nitrogens is 1. The first-order chi connectivity index (χ1) is 12.1. The van der Waals surface area contributed by atoms with E-state index < -0.39 is 0 Å². The molecule has 1 fully saturated rings. The van der Waals surface area contributed by atoms with Crippen molar-refractivity contribution in [1.82, 2.24) is 4.98 Å². The van der Waals surface area contributed by atoms with E-state index in [9.17, 15) is 4.79 Å². The molecule has 0 bridgehead atoms. The Kier molecular flexibility index (Phi) is 6.29. The number of benzene rings is 1. The summed E-state index contributed by atoms with van der Waals surface area (Å²) in [6, 6.07) is 10.2. The first-order valence-corrected chi connectivity index (χ1v) is 9.84. The lowest BCUT2D eigenvalue weighted by Crippen LogP contribution is -2.21. The highest BCUT2D eigenvalue weighted by atomic mass is 127. The van der Waals surface area contributed by atoms with E-state index in [1.54, 1.807) is 6.20 Å². The normalized spacial score (nSPS) is 15.0. The van der Waals surface area contributed by atoms with Crippen LogP contribution in [0.5, 0.6) is 5.75 Å². The minimum atomic E-state index is -0.201. The molecule has 25 heavy (non-hydrogen) atoms. The zero-order valence-electron chi connectivity index (χ0n) is 14.4. The van der Waals surface area contributed by atoms with Gasteiger partial charge in [0.05, 0.1) is 0 Å². The summed E-state index contributed by atoms with van der Waals surface area (Å²) < 4.78 is 6.65. The number of hydrogen-bond donors (Lipinski definition) is 1. The lowest BCUT2D eigenvalue weighted by molar-refractivity contribution is -0.118. The van der Waals surface area contributed by atoms with Gasteiger partial charge in [-0.05, 0) is 77.6 Å². The summed E-state index contributed by atoms with van der Waals surface area (Å²) in [5.41, 5.74) is 2.33. The molecule has 1 amide bonds. The van der Waals surface area contributed by atoms with Crippen molar-refractivity contribution in [1.29, 1.82) is 0 Å². The van der Waals surface area contributed by atoms with Crippen molar-refractivity contribution in [3.05, 3.63) is 51.2 Å². The van der Waals surface area contributed by atoms with Crippen molar-refractivity contribution in [3.63, 3.8) is 0 Å². The molecule has 2 aromatic rings. The van der Waals surface area contributed by atoms with Crippen LogP contribution in [-0.2, 0) is 4.79 Å². The average Bonchev–Trinajstić information content (AvgIpc) is 2.63. The van der Waals surface area contributed by atoms with E-state index in [1.807, 2.05) is 25.1 Å². The van der Waals surface area contributed by atoms with Gasteiger partial charge in [-0.1, -0.05) is 31.4 Å². The Labute approximate surface area is 162 Å². The number of carbonyl (C=O) groups excluding carboxylic acids is 1. The molecule has 1 N–H and O–H groups in total. The van der Waals surface area contributed by atoms with E-state index in [2.05, 4.69) is 45.0 Å². The Morgan fingerprint density at radius 1 is 1.24 bits per heavy atom. The van der Waals surface area contributed by atoms with Crippen molar-refractivity contribution in [2.24, 2.45) is 0 Å². The van der Waals surface area contributed by atoms with Crippen molar-refractivity contribution < 1.29 is 9.53 Å². The lowest BCUT2D eigenvalue weighted by atomic mass is 9.84. The summed E-state index contributed by atoms with van der Waals surface area (Å²) in [4.78, 5) is 16.3. The molecule has 1 aliphatic carbocycles. The molecule has 0 aliphatic heterocycles. The highest BCUT2D eigenvalue weighted by Gasteiger charge is 2.15. The van der Waals surface area contributed by atoms with Crippen molar-refractivity contribution in [2.75, 3.05) is 11.9 Å². The van der Waals surface area contributed by atoms with Crippen LogP contribution in [0.15, 0.2) is 36.5 Å². The molecule has 1 heterocycles. The number of anilines is 1. The maximum absolute atomic E-state index is 12.1. The van der Waals surface area contributed by atoms with Crippen LogP contribution >= 0.6 is 22.6 Å². The van der Waals surface area contributed by atoms with Crippen LogP contribution in [0.2, 0.25) is 0 Å². The van der Waals surface area contributed by atoms with Crippen LogP contribution in [0.3, 0.4) is 0 Å². The molecule has 1 aromatic heterocycles. The maximum Gasteiger partial charge on any atom is 0.263 e. The predicted molar refractivity (Wildman–Crippen MR) is 108 cm³/mol. The van der Waals surface area contributed by atoms with Crippen LogP contribution in [0, 0.1) is 10.5 Å². The second kappa shape index (κ2) is 8.65. The van der Waals surface area contributed by atoms with E-state index in [0.717, 1.165) is 14.9 Å². The van der Waals surface area contributed by atoms with Gasteiger partial charge < -0.3 is 10.1 Å². The molecule has 0 radical (unpaired) electrons. The van der Waals surface area contributed by atoms with Crippen LogP contribution < -0.4 is 10.1 Å². The number of amides is 1. The van der Waals surface area contributed by atoms with Gasteiger partial charge in [0.25, 0.3) is 5.91 Å². The van der Waals surface area contributed by atoms with E-state index in [0.29, 0.717) is 11.7 Å². The molecule has 3 rings (SSSR count). The third kappa shape index (κ3) is 5.17. The molecule has 1 aliphatic rings. The molecule has 0 spiro atoms. The number of halogens is 1. The predicted octanol–water partition coefficient (Wildman–Crippen LogP) is 5.06. The first-order valence-electron chi connectivity index (χ1n) is 8.76. The number of carbonyl (C=O) groups is 1. The van der Waals surface area contributed by atoms with Crippen LogP contribution in [-0.4, -0.2) is 17.5 Å². The Hall–Kier alpha value is -1.63. The molecule has 1 saturated carbocycles. The quantitative estimate of drug-likeness (QED) is 0.648. The van der Waals surface area contributed by atoms with Gasteiger partial charge in [0.2, 0.25) is 0 Å². The van der Waals surface area contributed by atoms with Crippen molar-refractivity contribution in [3.8, 4) is 5.75 Å². The SMILES string of the molecule is Cc1cc(I)cnc1NC(=O)COc1ccc(C2CCCCC2)cc1. The number of aryl methyl sites for hydroxylation is 1. The fourth-order valence-corrected chi connectivity index (χ4v) is 3.87. The van der Waals surface area contributed by atoms with Gasteiger partial charge in [-0.25, -0.2) is 4.98 Å². The standard InChI is InChI=1S/C20H23IN2O2/c1-14-11-17(21)12-22-20(14)23-19(24)13-25-18-9-7-16(8-10-18)15-5-3-2-4-6-15/h7-12,15H,2-6,13H2,1H3,(H,22,23,24). The zero-order valence-corrected chi connectivity index (χ0v) is 16.6. The second-order valence-electron chi connectivity index (χ2n) is 6.56. The van der Waals surface area contributed by atoms with Crippen LogP contribution in [0.25, 0.3) is 0 Å². The molecule has 5 heteroatoms. The van der Waals surface area contributed by atoms with Gasteiger partial charge in [-0.2, -0.15) is 0 Å². The van der Waals surface area contributed by atoms with E-state index >= 15 is 0 Å². The van der Waals surface area contributed by atoms with Gasteiger partial charge in [0, 0.05) is 9.77 Å². The molecular weight excluding hydrogens is 427 g/mol. The number of nitrogens with zero attached hydrogens (tertiary/aromatic N) is 1. The van der Waals surface area contributed by atoms with Gasteiger partial charge >= 0.3 is 0 Å². The monoisotopic (exact) mass is 450 g/mol. The number of rotatable bonds is 5. The third-order valence-electron chi connectivity index (χ3n) is 4.63. The Morgan fingerprint density at radius 3 is 2.64 bits per heavy atom. The summed E-state index contributed by atoms with van der Waals surface area (Å²) in [6.45, 7) is 1.91. The largest absolute Gasteiger partial charge is 0.484 e. The van der Waals surface area contributed by atoms with E-state index in [4.69, 9.17) is 4.74 Å². The van der Waals surface area contributed by atoms with Crippen molar-refractivity contribution in [2.45, 2.75) is 44.9 Å². The summed E-state index contributed by atoms with van der Waals surface area (Å²) in [7, 11) is 0. The number of hydrogen-bond acceptors (Lipinski definition) is 3. The van der Waals surface area contributed by atoms with Crippen LogP contribution in [0.1, 0.15) is 49.1 Å². The Balaban J connectivity index is 1.51. The van der Waals surface area contributed by atoms with E-state index in [-0.39, 0.29) is 12.5 Å². The third-order valence-corrected chi connectivity index (χ3v) is 5.22. The fraction of sp³-hybridized carbons (Fsp3) is 0.400. The minimum Gasteiger partial charge on any atom is -0.484 e. The van der Waals surface area contributed by atoms with Gasteiger partial charge in [0.15, 0.2) is 6.61 Å². The molecule has 0 atom stereocenters. The van der Waals surface area contributed by atoms with E-state index in [1.165, 1.54) is 37.7 Å². The van der Waals surface area contributed by atoms with Crippen LogP contribution in [0.4, 0.5) is 5.82 Å². The fourth-order valence-electron chi connectivity index (χ4n) is 3.26. The Morgan fingerprint density at radius 2 is 1.96 bits per heavy atom. The summed E-state index contributed by atoms with van der Waals surface area (Å²) >= 11 is 2.20. The molecule has 0 saturated heterocycles. The molecule has 4 nitrogen and oxygen atoms in total. The van der Waals surface area contributed by atoms with Gasteiger partial charge in [-0.3, -0.25) is 4.79 Å². The topological polar surface area (TPSA) is 51.2 Å². The Bertz CT molecular complexity index is 725. The smallest absolute Gasteiger partial charge is 0.263 e. The first kappa shape index (κ1) is 18.2. The van der Waals surface area contributed by atoms with Gasteiger partial charge in [0.1, 0.15) is 11.6 Å². The number of ether oxygens (including phenoxy) is 1. The van der Waals surface area contributed by atoms with Crippen molar-refractivity contribution >= 4 is 34.3 Å². The molecular formula is C20H23IN2O2. The lowest BCUT2D eigenvalue weighted by Gasteiger charge is -2.22.